The smallest absolute Gasteiger partial charge is 0.264 e. The number of rotatable bonds is 7. The lowest BCUT2D eigenvalue weighted by atomic mass is 9.87. The maximum absolute atomic E-state index is 13.4. The predicted octanol–water partition coefficient (Wildman–Crippen LogP) is 4.88. The van der Waals surface area contributed by atoms with E-state index < -0.39 is 10.0 Å². The highest BCUT2D eigenvalue weighted by Gasteiger charge is 2.26. The molecule has 5 nitrogen and oxygen atoms in total. The third-order valence-corrected chi connectivity index (χ3v) is 7.49. The number of hydrogen-bond acceptors (Lipinski definition) is 3. The molecule has 1 aliphatic rings. The number of sulfonamides is 1. The van der Waals surface area contributed by atoms with E-state index in [1.807, 2.05) is 24.3 Å². The molecular weight excluding hydrogens is 420 g/mol. The zero-order chi connectivity index (χ0) is 22.6. The molecule has 1 atom stereocenters. The number of carbonyl (C=O) groups excluding carboxylic acids is 1. The monoisotopic (exact) mass is 446 g/mol. The summed E-state index contributed by atoms with van der Waals surface area (Å²) in [6, 6.07) is 23.1. The Labute approximate surface area is 189 Å². The lowest BCUT2D eigenvalue weighted by Gasteiger charge is -2.26. The Morgan fingerprint density at radius 3 is 2.56 bits per heavy atom. The normalized spacial score (nSPS) is 15.4. The van der Waals surface area contributed by atoms with Gasteiger partial charge < -0.3 is 5.32 Å². The van der Waals surface area contributed by atoms with E-state index in [0.717, 1.165) is 24.8 Å². The first kappa shape index (κ1) is 21.8. The third kappa shape index (κ3) is 4.46. The van der Waals surface area contributed by atoms with Crippen LogP contribution in [0.15, 0.2) is 96.4 Å². The summed E-state index contributed by atoms with van der Waals surface area (Å²) in [4.78, 5) is 13.1. The first-order chi connectivity index (χ1) is 15.5. The van der Waals surface area contributed by atoms with Crippen molar-refractivity contribution in [3.8, 4) is 0 Å². The quantitative estimate of drug-likeness (QED) is 0.526. The fraction of sp³-hybridized carbons (Fsp3) is 0.192. The molecule has 0 heterocycles. The van der Waals surface area contributed by atoms with E-state index in [2.05, 4.69) is 18.0 Å². The molecule has 3 aromatic rings. The zero-order valence-corrected chi connectivity index (χ0v) is 18.6. The Morgan fingerprint density at radius 1 is 1.03 bits per heavy atom. The summed E-state index contributed by atoms with van der Waals surface area (Å²) < 4.78 is 28.1. The number of aryl methyl sites for hydroxylation is 1. The molecular formula is C26H26N2O3S. The number of nitrogens with one attached hydrogen (secondary N) is 1. The second-order valence-corrected chi connectivity index (χ2v) is 9.67. The van der Waals surface area contributed by atoms with E-state index in [1.165, 1.54) is 22.0 Å². The number of hydrogen-bond donors (Lipinski definition) is 1. The largest absolute Gasteiger partial charge is 0.345 e. The maximum Gasteiger partial charge on any atom is 0.264 e. The van der Waals surface area contributed by atoms with Crippen molar-refractivity contribution < 1.29 is 13.2 Å². The highest BCUT2D eigenvalue weighted by Crippen LogP contribution is 2.30. The van der Waals surface area contributed by atoms with Crippen molar-refractivity contribution in [3.05, 3.63) is 108 Å². The Bertz CT molecular complexity index is 1220. The van der Waals surface area contributed by atoms with E-state index >= 15 is 0 Å². The second-order valence-electron chi connectivity index (χ2n) is 7.81. The van der Waals surface area contributed by atoms with Crippen LogP contribution in [0.2, 0.25) is 0 Å². The fourth-order valence-electron chi connectivity index (χ4n) is 4.12. The van der Waals surface area contributed by atoms with Crippen molar-refractivity contribution in [1.29, 1.82) is 0 Å². The van der Waals surface area contributed by atoms with Gasteiger partial charge in [0, 0.05) is 5.56 Å². The van der Waals surface area contributed by atoms with Crippen LogP contribution in [-0.4, -0.2) is 20.9 Å². The van der Waals surface area contributed by atoms with Crippen molar-refractivity contribution in [2.75, 3.05) is 10.8 Å². The van der Waals surface area contributed by atoms with E-state index in [9.17, 15) is 13.2 Å². The van der Waals surface area contributed by atoms with Gasteiger partial charge >= 0.3 is 0 Å². The van der Waals surface area contributed by atoms with Gasteiger partial charge in [0.2, 0.25) is 0 Å². The van der Waals surface area contributed by atoms with E-state index in [-0.39, 0.29) is 23.4 Å². The van der Waals surface area contributed by atoms with Gasteiger partial charge in [0.1, 0.15) is 0 Å². The molecule has 1 amide bonds. The number of amides is 1. The van der Waals surface area contributed by atoms with Gasteiger partial charge in [-0.05, 0) is 60.7 Å². The first-order valence-electron chi connectivity index (χ1n) is 10.7. The summed E-state index contributed by atoms with van der Waals surface area (Å²) >= 11 is 0. The molecule has 6 heteroatoms. The van der Waals surface area contributed by atoms with Gasteiger partial charge in [-0.1, -0.05) is 54.6 Å². The molecule has 0 aromatic heterocycles. The lowest BCUT2D eigenvalue weighted by Crippen LogP contribution is -2.32. The number of anilines is 1. The van der Waals surface area contributed by atoms with Crippen LogP contribution < -0.4 is 9.62 Å². The summed E-state index contributed by atoms with van der Waals surface area (Å²) in [5.74, 6) is -0.279. The Kier molecular flexibility index (Phi) is 6.42. The molecule has 1 aliphatic carbocycles. The van der Waals surface area contributed by atoms with Crippen molar-refractivity contribution >= 4 is 21.6 Å². The van der Waals surface area contributed by atoms with E-state index in [1.54, 1.807) is 42.5 Å². The van der Waals surface area contributed by atoms with Gasteiger partial charge in [0.15, 0.2) is 0 Å². The number of fused-ring (bicyclic) bond motifs is 1. The van der Waals surface area contributed by atoms with Gasteiger partial charge in [-0.15, -0.1) is 6.58 Å². The fourth-order valence-corrected chi connectivity index (χ4v) is 5.61. The average Bonchev–Trinajstić information content (AvgIpc) is 2.83. The molecule has 0 unspecified atom stereocenters. The van der Waals surface area contributed by atoms with Crippen molar-refractivity contribution in [2.45, 2.75) is 30.2 Å². The first-order valence-corrected chi connectivity index (χ1v) is 12.1. The van der Waals surface area contributed by atoms with Gasteiger partial charge in [-0.3, -0.25) is 9.10 Å². The molecule has 32 heavy (non-hydrogen) atoms. The van der Waals surface area contributed by atoms with Crippen LogP contribution in [0.25, 0.3) is 0 Å². The minimum Gasteiger partial charge on any atom is -0.345 e. The van der Waals surface area contributed by atoms with Crippen molar-refractivity contribution in [1.82, 2.24) is 5.32 Å². The van der Waals surface area contributed by atoms with Gasteiger partial charge in [0.25, 0.3) is 15.9 Å². The van der Waals surface area contributed by atoms with Crippen LogP contribution in [0.4, 0.5) is 5.69 Å². The Hall–Kier alpha value is -3.38. The topological polar surface area (TPSA) is 66.5 Å². The molecule has 4 rings (SSSR count). The van der Waals surface area contributed by atoms with Gasteiger partial charge in [-0.25, -0.2) is 8.42 Å². The third-order valence-electron chi connectivity index (χ3n) is 5.70. The molecule has 3 aromatic carbocycles. The lowest BCUT2D eigenvalue weighted by molar-refractivity contribution is 0.0932. The molecule has 0 spiro atoms. The molecule has 0 fully saturated rings. The second kappa shape index (κ2) is 9.40. The van der Waals surface area contributed by atoms with E-state index in [0.29, 0.717) is 11.3 Å². The van der Waals surface area contributed by atoms with Crippen LogP contribution in [0.5, 0.6) is 0 Å². The Morgan fingerprint density at radius 2 is 1.78 bits per heavy atom. The molecule has 0 radical (unpaired) electrons. The van der Waals surface area contributed by atoms with Crippen LogP contribution in [-0.2, 0) is 16.4 Å². The Balaban J connectivity index is 1.60. The number of para-hydroxylation sites is 1. The molecule has 0 bridgehead atoms. The summed E-state index contributed by atoms with van der Waals surface area (Å²) in [5, 5.41) is 3.09. The molecule has 1 N–H and O–H groups in total. The van der Waals surface area contributed by atoms with Gasteiger partial charge in [0.05, 0.1) is 23.2 Å². The minimum absolute atomic E-state index is 0.0693. The summed E-state index contributed by atoms with van der Waals surface area (Å²) in [6.07, 6.45) is 4.42. The summed E-state index contributed by atoms with van der Waals surface area (Å²) in [6.45, 7) is 3.82. The van der Waals surface area contributed by atoms with Crippen LogP contribution in [0, 0.1) is 0 Å². The number of carbonyl (C=O) groups is 1. The van der Waals surface area contributed by atoms with Crippen LogP contribution >= 0.6 is 0 Å². The number of nitrogens with zero attached hydrogens (tertiary/aromatic N) is 1. The highest BCUT2D eigenvalue weighted by molar-refractivity contribution is 7.92. The zero-order valence-electron chi connectivity index (χ0n) is 17.8. The predicted molar refractivity (Wildman–Crippen MR) is 127 cm³/mol. The van der Waals surface area contributed by atoms with Crippen molar-refractivity contribution in [3.63, 3.8) is 0 Å². The maximum atomic E-state index is 13.4. The van der Waals surface area contributed by atoms with Crippen molar-refractivity contribution in [2.24, 2.45) is 0 Å². The van der Waals surface area contributed by atoms with Gasteiger partial charge in [-0.2, -0.15) is 0 Å². The van der Waals surface area contributed by atoms with E-state index in [4.69, 9.17) is 0 Å². The molecule has 0 aliphatic heterocycles. The van der Waals surface area contributed by atoms with Crippen LogP contribution in [0.3, 0.4) is 0 Å². The molecule has 164 valence electrons. The summed E-state index contributed by atoms with van der Waals surface area (Å²) in [5.41, 5.74) is 3.25. The molecule has 0 saturated heterocycles. The average molecular weight is 447 g/mol. The number of benzene rings is 3. The van der Waals surface area contributed by atoms with Crippen LogP contribution in [0.1, 0.15) is 40.4 Å². The minimum atomic E-state index is -3.87. The SMILES string of the molecule is C=CCN(c1ccccc1)S(=O)(=O)c1cccc(C(=O)N[C@@H]2CCCc3ccccc32)c1. The summed E-state index contributed by atoms with van der Waals surface area (Å²) in [7, 11) is -3.87. The standard InChI is InChI=1S/C26H26N2O3S/c1-2-18-28(22-13-4-3-5-14-22)32(30,31)23-15-8-12-21(19-23)26(29)27-25-17-9-11-20-10-6-7-16-24(20)25/h2-8,10,12-16,19,25H,1,9,11,17-18H2,(H,27,29)/t25-/m1/s1. The molecule has 0 saturated carbocycles. The highest BCUT2D eigenvalue weighted by atomic mass is 32.2.